The van der Waals surface area contributed by atoms with Crippen LogP contribution in [-0.2, 0) is 6.54 Å². The van der Waals surface area contributed by atoms with Gasteiger partial charge in [-0.15, -0.1) is 11.3 Å². The van der Waals surface area contributed by atoms with Crippen LogP contribution in [0.1, 0.15) is 15.2 Å². The molecule has 0 unspecified atom stereocenters. The van der Waals surface area contributed by atoms with Crippen LogP contribution >= 0.6 is 33.9 Å². The molecule has 1 amide bonds. The molecule has 2 aromatic rings. The number of nitrogens with one attached hydrogen (secondary N) is 1. The quantitative estimate of drug-likeness (QED) is 0.826. The van der Waals surface area contributed by atoms with Gasteiger partial charge < -0.3 is 11.1 Å². The van der Waals surface area contributed by atoms with E-state index >= 15 is 0 Å². The van der Waals surface area contributed by atoms with Crippen LogP contribution in [0.2, 0.25) is 0 Å². The smallest absolute Gasteiger partial charge is 0.249 e. The van der Waals surface area contributed by atoms with Crippen LogP contribution in [0.4, 0.5) is 5.69 Å². The molecule has 0 aliphatic heterocycles. The summed E-state index contributed by atoms with van der Waals surface area (Å²) in [6.45, 7) is 0.707. The number of hydrogen-bond donors (Lipinski definition) is 2. The topological polar surface area (TPSA) is 55.1 Å². The van der Waals surface area contributed by atoms with Gasteiger partial charge in [0, 0.05) is 26.1 Å². The first kappa shape index (κ1) is 12.4. The molecule has 0 atom stereocenters. The molecule has 2 rings (SSSR count). The summed E-state index contributed by atoms with van der Waals surface area (Å²) in [7, 11) is 0. The fraction of sp³-hybridized carbons (Fsp3) is 0.0833. The molecule has 1 aromatic carbocycles. The highest BCUT2D eigenvalue weighted by Gasteiger charge is 2.04. The maximum absolute atomic E-state index is 10.9. The van der Waals surface area contributed by atoms with E-state index in [-0.39, 0.29) is 5.91 Å². The molecule has 3 nitrogen and oxygen atoms in total. The third kappa shape index (κ3) is 3.44. The normalized spacial score (nSPS) is 10.2. The zero-order chi connectivity index (χ0) is 12.3. The van der Waals surface area contributed by atoms with Gasteiger partial charge in [-0.2, -0.15) is 0 Å². The van der Waals surface area contributed by atoms with Gasteiger partial charge >= 0.3 is 0 Å². The number of halogens is 1. The Morgan fingerprint density at radius 1 is 1.35 bits per heavy atom. The number of rotatable bonds is 4. The van der Waals surface area contributed by atoms with Crippen LogP contribution in [0.15, 0.2) is 35.7 Å². The summed E-state index contributed by atoms with van der Waals surface area (Å²) in [5, 5.41) is 5.08. The number of thiophene rings is 1. The lowest BCUT2D eigenvalue weighted by Crippen LogP contribution is -2.09. The summed E-state index contributed by atoms with van der Waals surface area (Å²) in [6, 6.07) is 9.99. The molecule has 0 radical (unpaired) electrons. The van der Waals surface area contributed by atoms with Crippen molar-refractivity contribution >= 4 is 45.5 Å². The van der Waals surface area contributed by atoms with Gasteiger partial charge in [0.1, 0.15) is 0 Å². The fourth-order valence-corrected chi connectivity index (χ4v) is 2.53. The fourth-order valence-electron chi connectivity index (χ4n) is 1.36. The molecule has 0 aliphatic rings. The molecule has 1 aromatic heterocycles. The first-order valence-corrected chi connectivity index (χ1v) is 6.97. The summed E-state index contributed by atoms with van der Waals surface area (Å²) < 4.78 is 1.21. The average molecular weight is 358 g/mol. The van der Waals surface area contributed by atoms with Crippen LogP contribution in [0, 0.1) is 3.57 Å². The lowest BCUT2D eigenvalue weighted by molar-refractivity contribution is 0.100. The second kappa shape index (κ2) is 5.50. The lowest BCUT2D eigenvalue weighted by atomic mass is 10.3. The summed E-state index contributed by atoms with van der Waals surface area (Å²) in [4.78, 5) is 12.0. The van der Waals surface area contributed by atoms with Gasteiger partial charge in [0.05, 0.1) is 5.56 Å². The monoisotopic (exact) mass is 358 g/mol. The van der Waals surface area contributed by atoms with Crippen LogP contribution in [0.3, 0.4) is 0 Å². The predicted molar refractivity (Wildman–Crippen MR) is 79.3 cm³/mol. The highest BCUT2D eigenvalue weighted by Crippen LogP contribution is 2.17. The summed E-state index contributed by atoms with van der Waals surface area (Å²) >= 11 is 3.81. The number of amides is 1. The number of anilines is 1. The standard InChI is InChI=1S/C12H11IN2OS/c13-9-1-3-10(4-2-9)15-6-11-5-8(7-17-11)12(14)16/h1-5,7,15H,6H2,(H2,14,16). The second-order valence-electron chi connectivity index (χ2n) is 3.53. The van der Waals surface area contributed by atoms with Gasteiger partial charge in [-0.25, -0.2) is 0 Å². The van der Waals surface area contributed by atoms with Gasteiger partial charge in [0.15, 0.2) is 0 Å². The van der Waals surface area contributed by atoms with Crippen molar-refractivity contribution in [1.82, 2.24) is 0 Å². The average Bonchev–Trinajstić information content (AvgIpc) is 2.77. The van der Waals surface area contributed by atoms with E-state index in [1.807, 2.05) is 30.3 Å². The Morgan fingerprint density at radius 2 is 2.06 bits per heavy atom. The van der Waals surface area contributed by atoms with Crippen LogP contribution in [0.25, 0.3) is 0 Å². The minimum atomic E-state index is -0.373. The van der Waals surface area contributed by atoms with E-state index in [0.29, 0.717) is 12.1 Å². The largest absolute Gasteiger partial charge is 0.380 e. The zero-order valence-corrected chi connectivity index (χ0v) is 11.9. The summed E-state index contributed by atoms with van der Waals surface area (Å²) in [6.07, 6.45) is 0. The van der Waals surface area contributed by atoms with Crippen molar-refractivity contribution in [2.24, 2.45) is 5.73 Å². The number of carbonyl (C=O) groups excluding carboxylic acids is 1. The molecule has 1 heterocycles. The second-order valence-corrected chi connectivity index (χ2v) is 5.77. The van der Waals surface area contributed by atoms with E-state index in [0.717, 1.165) is 10.6 Å². The maximum atomic E-state index is 10.9. The van der Waals surface area contributed by atoms with Crippen molar-refractivity contribution < 1.29 is 4.79 Å². The molecule has 88 valence electrons. The highest BCUT2D eigenvalue weighted by atomic mass is 127. The molecule has 0 fully saturated rings. The molecule has 0 aliphatic carbocycles. The number of hydrogen-bond acceptors (Lipinski definition) is 3. The van der Waals surface area contributed by atoms with E-state index < -0.39 is 0 Å². The van der Waals surface area contributed by atoms with E-state index in [2.05, 4.69) is 27.9 Å². The molecule has 3 N–H and O–H groups in total. The molecule has 0 saturated carbocycles. The van der Waals surface area contributed by atoms with Crippen molar-refractivity contribution in [1.29, 1.82) is 0 Å². The van der Waals surface area contributed by atoms with Gasteiger partial charge in [-0.05, 0) is 52.9 Å². The van der Waals surface area contributed by atoms with E-state index in [4.69, 9.17) is 5.73 Å². The third-order valence-electron chi connectivity index (χ3n) is 2.25. The molecule has 5 heteroatoms. The van der Waals surface area contributed by atoms with Crippen molar-refractivity contribution in [2.45, 2.75) is 6.54 Å². The Labute approximate surface area is 117 Å². The molecular weight excluding hydrogens is 347 g/mol. The minimum Gasteiger partial charge on any atom is -0.380 e. The van der Waals surface area contributed by atoms with Gasteiger partial charge in [-0.3, -0.25) is 4.79 Å². The number of carbonyl (C=O) groups is 1. The van der Waals surface area contributed by atoms with Crippen LogP contribution in [-0.4, -0.2) is 5.91 Å². The first-order valence-electron chi connectivity index (χ1n) is 5.02. The van der Waals surface area contributed by atoms with Gasteiger partial charge in [-0.1, -0.05) is 0 Å². The first-order chi connectivity index (χ1) is 8.15. The number of primary amides is 1. The van der Waals surface area contributed by atoms with E-state index in [9.17, 15) is 4.79 Å². The molecular formula is C12H11IN2OS. The molecule has 17 heavy (non-hydrogen) atoms. The van der Waals surface area contributed by atoms with Crippen molar-refractivity contribution in [3.05, 3.63) is 49.7 Å². The third-order valence-corrected chi connectivity index (χ3v) is 3.91. The highest BCUT2D eigenvalue weighted by molar-refractivity contribution is 14.1. The maximum Gasteiger partial charge on any atom is 0.249 e. The Balaban J connectivity index is 1.97. The van der Waals surface area contributed by atoms with Crippen LogP contribution in [0.5, 0.6) is 0 Å². The van der Waals surface area contributed by atoms with E-state index in [1.54, 1.807) is 5.38 Å². The minimum absolute atomic E-state index is 0.373. The van der Waals surface area contributed by atoms with Crippen molar-refractivity contribution in [3.8, 4) is 0 Å². The van der Waals surface area contributed by atoms with Crippen LogP contribution < -0.4 is 11.1 Å². The lowest BCUT2D eigenvalue weighted by Gasteiger charge is -2.04. The number of benzene rings is 1. The Kier molecular flexibility index (Phi) is 4.01. The summed E-state index contributed by atoms with van der Waals surface area (Å²) in [5.41, 5.74) is 6.84. The molecule has 0 spiro atoms. The summed E-state index contributed by atoms with van der Waals surface area (Å²) in [5.74, 6) is -0.373. The van der Waals surface area contributed by atoms with E-state index in [1.165, 1.54) is 14.9 Å². The van der Waals surface area contributed by atoms with Crippen molar-refractivity contribution in [3.63, 3.8) is 0 Å². The van der Waals surface area contributed by atoms with Gasteiger partial charge in [0.25, 0.3) is 0 Å². The van der Waals surface area contributed by atoms with Gasteiger partial charge in [0.2, 0.25) is 5.91 Å². The Morgan fingerprint density at radius 3 is 2.65 bits per heavy atom. The van der Waals surface area contributed by atoms with Crippen molar-refractivity contribution in [2.75, 3.05) is 5.32 Å². The SMILES string of the molecule is NC(=O)c1csc(CNc2ccc(I)cc2)c1. The predicted octanol–water partition coefficient (Wildman–Crippen LogP) is 3.06. The number of nitrogens with two attached hydrogens (primary N) is 1. The zero-order valence-electron chi connectivity index (χ0n) is 8.94. The molecule has 0 bridgehead atoms. The Hall–Kier alpha value is -1.08. The Bertz CT molecular complexity index is 522. The molecule has 0 saturated heterocycles.